The van der Waals surface area contributed by atoms with E-state index in [-0.39, 0.29) is 23.7 Å². The fourth-order valence-electron chi connectivity index (χ4n) is 2.70. The molecule has 1 fully saturated rings. The first-order valence-electron chi connectivity index (χ1n) is 8.59. The van der Waals surface area contributed by atoms with E-state index in [0.29, 0.717) is 22.6 Å². The lowest BCUT2D eigenvalue weighted by atomic mass is 10.1. The summed E-state index contributed by atoms with van der Waals surface area (Å²) in [6.07, 6.45) is 1.57. The molecule has 0 spiro atoms. The van der Waals surface area contributed by atoms with Crippen molar-refractivity contribution in [2.24, 2.45) is 0 Å². The summed E-state index contributed by atoms with van der Waals surface area (Å²) in [6.45, 7) is -0.110. The number of carbonyl (C=O) groups is 2. The van der Waals surface area contributed by atoms with Gasteiger partial charge in [-0.2, -0.15) is 5.26 Å². The van der Waals surface area contributed by atoms with Crippen LogP contribution in [-0.4, -0.2) is 34.7 Å². The Balaban J connectivity index is 1.77. The van der Waals surface area contributed by atoms with Crippen molar-refractivity contribution in [2.45, 2.75) is 6.54 Å². The number of rotatable bonds is 7. The molecule has 2 aromatic carbocycles. The highest BCUT2D eigenvalue weighted by atomic mass is 32.2. The van der Waals surface area contributed by atoms with Crippen molar-refractivity contribution in [2.75, 3.05) is 13.7 Å². The third-order valence-corrected chi connectivity index (χ3v) is 5.05. The topological polar surface area (TPSA) is 123 Å². The predicted molar refractivity (Wildman–Crippen MR) is 109 cm³/mol. The van der Waals surface area contributed by atoms with Gasteiger partial charge in [-0.05, 0) is 41.1 Å². The fourth-order valence-corrected chi connectivity index (χ4v) is 3.53. The fraction of sp³-hybridized carbons (Fsp3) is 0.150. The number of imide groups is 1. The van der Waals surface area contributed by atoms with Gasteiger partial charge in [0, 0.05) is 12.1 Å². The van der Waals surface area contributed by atoms with Crippen LogP contribution in [0.3, 0.4) is 0 Å². The zero-order valence-corrected chi connectivity index (χ0v) is 16.5. The van der Waals surface area contributed by atoms with E-state index in [2.05, 4.69) is 0 Å². The second kappa shape index (κ2) is 9.11. The van der Waals surface area contributed by atoms with Gasteiger partial charge in [0.05, 0.1) is 23.5 Å². The van der Waals surface area contributed by atoms with Crippen molar-refractivity contribution in [1.29, 1.82) is 5.26 Å². The monoisotopic (exact) mass is 425 g/mol. The average Bonchev–Trinajstić information content (AvgIpc) is 3.00. The van der Waals surface area contributed by atoms with Crippen molar-refractivity contribution < 1.29 is 24.0 Å². The Morgan fingerprint density at radius 2 is 1.93 bits per heavy atom. The maximum atomic E-state index is 12.7. The molecule has 30 heavy (non-hydrogen) atoms. The van der Waals surface area contributed by atoms with Crippen LogP contribution in [0.5, 0.6) is 11.5 Å². The number of nitriles is 1. The number of hydrogen-bond donors (Lipinski definition) is 0. The van der Waals surface area contributed by atoms with Crippen molar-refractivity contribution >= 4 is 34.7 Å². The Morgan fingerprint density at radius 1 is 1.20 bits per heavy atom. The van der Waals surface area contributed by atoms with E-state index in [0.717, 1.165) is 16.7 Å². The van der Waals surface area contributed by atoms with Crippen LogP contribution in [0, 0.1) is 21.4 Å². The second-order valence-corrected chi connectivity index (χ2v) is 7.04. The summed E-state index contributed by atoms with van der Waals surface area (Å²) >= 11 is 0.811. The maximum absolute atomic E-state index is 12.7. The zero-order chi connectivity index (χ0) is 21.7. The molecule has 0 unspecified atom stereocenters. The molecule has 152 valence electrons. The van der Waals surface area contributed by atoms with Gasteiger partial charge < -0.3 is 9.47 Å². The summed E-state index contributed by atoms with van der Waals surface area (Å²) in [5.41, 5.74) is 1.16. The van der Waals surface area contributed by atoms with Crippen molar-refractivity contribution in [3.63, 3.8) is 0 Å². The minimum atomic E-state index is -0.516. The minimum Gasteiger partial charge on any atom is -0.493 e. The van der Waals surface area contributed by atoms with E-state index >= 15 is 0 Å². The van der Waals surface area contributed by atoms with Gasteiger partial charge >= 0.3 is 0 Å². The van der Waals surface area contributed by atoms with Gasteiger partial charge in [0.15, 0.2) is 18.1 Å². The Morgan fingerprint density at radius 3 is 2.57 bits per heavy atom. The summed E-state index contributed by atoms with van der Waals surface area (Å²) in [4.78, 5) is 36.5. The highest BCUT2D eigenvalue weighted by Crippen LogP contribution is 2.35. The molecule has 2 aromatic rings. The molecule has 0 atom stereocenters. The summed E-state index contributed by atoms with van der Waals surface area (Å²) in [7, 11) is 1.45. The number of nitro groups is 1. The van der Waals surface area contributed by atoms with Crippen molar-refractivity contribution in [3.8, 4) is 17.6 Å². The number of benzene rings is 2. The van der Waals surface area contributed by atoms with E-state index in [1.807, 2.05) is 6.07 Å². The molecule has 0 aliphatic carbocycles. The van der Waals surface area contributed by atoms with Gasteiger partial charge in [0.1, 0.15) is 6.07 Å². The van der Waals surface area contributed by atoms with E-state index in [1.165, 1.54) is 31.4 Å². The first-order valence-corrected chi connectivity index (χ1v) is 9.41. The van der Waals surface area contributed by atoms with Gasteiger partial charge in [0.2, 0.25) is 0 Å². The number of ether oxygens (including phenoxy) is 2. The van der Waals surface area contributed by atoms with Gasteiger partial charge in [-0.15, -0.1) is 0 Å². The number of nitrogens with zero attached hydrogens (tertiary/aromatic N) is 3. The number of amides is 2. The molecule has 0 N–H and O–H groups in total. The molecule has 2 amide bonds. The summed E-state index contributed by atoms with van der Waals surface area (Å²) in [6, 6.07) is 12.5. The van der Waals surface area contributed by atoms with Crippen LogP contribution in [0.25, 0.3) is 6.08 Å². The molecular weight excluding hydrogens is 410 g/mol. The molecule has 1 aliphatic heterocycles. The maximum Gasteiger partial charge on any atom is 0.293 e. The van der Waals surface area contributed by atoms with Crippen LogP contribution >= 0.6 is 11.8 Å². The van der Waals surface area contributed by atoms with Gasteiger partial charge in [-0.25, -0.2) is 0 Å². The molecule has 1 aliphatic rings. The largest absolute Gasteiger partial charge is 0.493 e. The lowest BCUT2D eigenvalue weighted by Gasteiger charge is -2.12. The van der Waals surface area contributed by atoms with Gasteiger partial charge in [-0.1, -0.05) is 18.2 Å². The van der Waals surface area contributed by atoms with Gasteiger partial charge in [0.25, 0.3) is 16.8 Å². The first-order chi connectivity index (χ1) is 14.4. The Kier molecular flexibility index (Phi) is 6.34. The second-order valence-electron chi connectivity index (χ2n) is 6.05. The van der Waals surface area contributed by atoms with Crippen LogP contribution in [-0.2, 0) is 11.3 Å². The lowest BCUT2D eigenvalue weighted by Crippen LogP contribution is -2.27. The number of hydrogen-bond acceptors (Lipinski definition) is 8. The molecule has 0 bridgehead atoms. The molecule has 3 rings (SSSR count). The number of thioether (sulfide) groups is 1. The van der Waals surface area contributed by atoms with E-state index < -0.39 is 16.1 Å². The van der Waals surface area contributed by atoms with Crippen LogP contribution in [0.1, 0.15) is 11.1 Å². The normalized spacial score (nSPS) is 14.7. The third-order valence-electron chi connectivity index (χ3n) is 4.14. The quantitative estimate of drug-likeness (QED) is 0.373. The number of carbonyl (C=O) groups excluding carboxylic acids is 2. The Labute approximate surface area is 175 Å². The first kappa shape index (κ1) is 20.9. The van der Waals surface area contributed by atoms with Crippen LogP contribution in [0.15, 0.2) is 47.4 Å². The van der Waals surface area contributed by atoms with E-state index in [4.69, 9.17) is 14.7 Å². The molecular formula is C20H15N3O6S. The molecule has 0 aromatic heterocycles. The minimum absolute atomic E-state index is 0.0181. The SMILES string of the molecule is COc1cc(/C=C2\SC(=O)N(Cc3ccc([N+](=O)[O-])cc3)C2=O)ccc1OCC#N. The van der Waals surface area contributed by atoms with Crippen LogP contribution in [0.2, 0.25) is 0 Å². The molecule has 0 saturated carbocycles. The molecule has 0 radical (unpaired) electrons. The zero-order valence-electron chi connectivity index (χ0n) is 15.7. The molecule has 1 saturated heterocycles. The third kappa shape index (κ3) is 4.59. The average molecular weight is 425 g/mol. The summed E-state index contributed by atoms with van der Waals surface area (Å²) in [5.74, 6) is 0.332. The van der Waals surface area contributed by atoms with Gasteiger partial charge in [-0.3, -0.25) is 24.6 Å². The van der Waals surface area contributed by atoms with E-state index in [1.54, 1.807) is 24.3 Å². The molecule has 9 nitrogen and oxygen atoms in total. The van der Waals surface area contributed by atoms with E-state index in [9.17, 15) is 19.7 Å². The Bertz CT molecular complexity index is 1070. The van der Waals surface area contributed by atoms with Crippen molar-refractivity contribution in [3.05, 3.63) is 68.6 Å². The summed E-state index contributed by atoms with van der Waals surface area (Å²) < 4.78 is 10.5. The van der Waals surface area contributed by atoms with Crippen LogP contribution in [0.4, 0.5) is 10.5 Å². The predicted octanol–water partition coefficient (Wildman–Crippen LogP) is 3.74. The van der Waals surface area contributed by atoms with Crippen molar-refractivity contribution in [1.82, 2.24) is 4.90 Å². The number of non-ortho nitro benzene ring substituents is 1. The number of methoxy groups -OCH3 is 1. The van der Waals surface area contributed by atoms with Crippen LogP contribution < -0.4 is 9.47 Å². The lowest BCUT2D eigenvalue weighted by molar-refractivity contribution is -0.384. The summed E-state index contributed by atoms with van der Waals surface area (Å²) in [5, 5.41) is 18.9. The molecule has 1 heterocycles. The molecule has 10 heteroatoms. The number of nitro benzene ring substituents is 1. The highest BCUT2D eigenvalue weighted by Gasteiger charge is 2.35. The standard InChI is InChI=1S/C20H15N3O6S/c1-28-17-10-14(4-7-16(17)29-9-8-21)11-18-19(24)22(20(25)30-18)12-13-2-5-15(6-3-13)23(26)27/h2-7,10-11H,9,12H2,1H3/b18-11-. The highest BCUT2D eigenvalue weighted by molar-refractivity contribution is 8.18. The Hall–Kier alpha value is -3.84. The smallest absolute Gasteiger partial charge is 0.293 e.